The summed E-state index contributed by atoms with van der Waals surface area (Å²) in [5, 5.41) is 9.39. The van der Waals surface area contributed by atoms with Gasteiger partial charge in [-0.2, -0.15) is 11.1 Å². The first-order valence-electron chi connectivity index (χ1n) is 9.36. The molecule has 0 saturated carbocycles. The Morgan fingerprint density at radius 3 is 1.43 bits per heavy atom. The van der Waals surface area contributed by atoms with Gasteiger partial charge in [0, 0.05) is 0 Å². The van der Waals surface area contributed by atoms with Crippen molar-refractivity contribution in [3.63, 3.8) is 0 Å². The van der Waals surface area contributed by atoms with Crippen molar-refractivity contribution in [3.8, 4) is 0 Å². The van der Waals surface area contributed by atoms with Gasteiger partial charge in [0.25, 0.3) is 0 Å². The minimum atomic E-state index is -1.74. The first kappa shape index (κ1) is 23.6. The Bertz CT molecular complexity index is 1060. The molecule has 28 heavy (non-hydrogen) atoms. The number of hydrogen-bond donors (Lipinski definition) is 0. The molecule has 0 saturated heterocycles. The van der Waals surface area contributed by atoms with Crippen LogP contribution < -0.4 is 35.2 Å². The predicted octanol–water partition coefficient (Wildman–Crippen LogP) is -1.03. The Morgan fingerprint density at radius 2 is 1.04 bits per heavy atom. The number of aryl methyl sites for hydroxylation is 4. The summed E-state index contributed by atoms with van der Waals surface area (Å²) in [4.78, 5) is 0. The van der Waals surface area contributed by atoms with E-state index in [1.807, 2.05) is 0 Å². The molecule has 0 nitrogen and oxygen atoms in total. The zero-order chi connectivity index (χ0) is 17.3. The van der Waals surface area contributed by atoms with Crippen LogP contribution in [0.4, 0.5) is 0 Å². The fourth-order valence-electron chi connectivity index (χ4n) is 5.72. The first-order valence-corrected chi connectivity index (χ1v) is 12.4. The molecule has 0 atom stereocenters. The zero-order valence-corrected chi connectivity index (χ0v) is 21.8. The molecule has 0 spiro atoms. The monoisotopic (exact) mass is 500 g/mol. The Morgan fingerprint density at radius 1 is 0.679 bits per heavy atom. The molecule has 0 aromatic heterocycles. The average Bonchev–Trinajstić information content (AvgIpc) is 3.02. The normalized spacial score (nSPS) is 14.3. The van der Waals surface area contributed by atoms with E-state index in [9.17, 15) is 0 Å². The molecule has 4 aromatic carbocycles. The number of benzene rings is 2. The van der Waals surface area contributed by atoms with Crippen LogP contribution in [0.15, 0.2) is 48.5 Å². The van der Waals surface area contributed by atoms with Gasteiger partial charge in [-0.25, -0.2) is 0 Å². The van der Waals surface area contributed by atoms with E-state index in [-0.39, 0.29) is 51.0 Å². The number of fused-ring (bicyclic) bond motifs is 6. The molecule has 0 unspecified atom stereocenters. The van der Waals surface area contributed by atoms with Gasteiger partial charge in [-0.3, -0.25) is 0 Å². The van der Waals surface area contributed by atoms with Crippen LogP contribution in [0, 0.1) is 13.8 Å². The maximum atomic E-state index is 2.58. The molecule has 1 heterocycles. The van der Waals surface area contributed by atoms with Crippen LogP contribution in [0.3, 0.4) is 0 Å². The van der Waals surface area contributed by atoms with Crippen LogP contribution in [-0.4, -0.2) is 8.07 Å². The van der Waals surface area contributed by atoms with Crippen LogP contribution in [-0.2, 0) is 39.0 Å². The van der Waals surface area contributed by atoms with Gasteiger partial charge in [0.15, 0.2) is 0 Å². The van der Waals surface area contributed by atoms with Crippen LogP contribution >= 0.6 is 0 Å². The SMILES string of the molecule is Cc1c2[c-](c3ccccc13)CC[c-]1c(c(C)c3ccccc31)[Si]2(C)C.[Cl-].[Cl-].[Zr+4]. The Hall–Kier alpha value is -0.660. The van der Waals surface area contributed by atoms with Gasteiger partial charge in [-0.1, -0.05) is 51.9 Å². The van der Waals surface area contributed by atoms with Crippen molar-refractivity contribution in [1.82, 2.24) is 0 Å². The summed E-state index contributed by atoms with van der Waals surface area (Å²) in [6.45, 7) is 9.87. The minimum Gasteiger partial charge on any atom is -1.00 e. The molecule has 0 amide bonds. The molecule has 0 N–H and O–H groups in total. The predicted molar refractivity (Wildman–Crippen MR) is 113 cm³/mol. The number of rotatable bonds is 0. The summed E-state index contributed by atoms with van der Waals surface area (Å²) < 4.78 is 0. The third-order valence-corrected chi connectivity index (χ3v) is 10.4. The van der Waals surface area contributed by atoms with Crippen LogP contribution in [0.1, 0.15) is 22.3 Å². The first-order chi connectivity index (χ1) is 12.0. The van der Waals surface area contributed by atoms with Gasteiger partial charge < -0.3 is 24.8 Å². The zero-order valence-electron chi connectivity index (χ0n) is 16.8. The van der Waals surface area contributed by atoms with Crippen LogP contribution in [0.5, 0.6) is 0 Å². The van der Waals surface area contributed by atoms with Gasteiger partial charge in [-0.05, 0) is 0 Å². The summed E-state index contributed by atoms with van der Waals surface area (Å²) in [6, 6.07) is 18.1. The third-order valence-electron chi connectivity index (χ3n) is 6.54. The maximum Gasteiger partial charge on any atom is 4.00 e. The molecule has 4 aromatic rings. The average molecular weight is 503 g/mol. The van der Waals surface area contributed by atoms with Gasteiger partial charge in [-0.15, -0.1) is 79.4 Å². The quantitative estimate of drug-likeness (QED) is 0.213. The molecule has 4 heteroatoms. The molecule has 0 fully saturated rings. The van der Waals surface area contributed by atoms with Gasteiger partial charge in [0.05, 0.1) is 8.07 Å². The van der Waals surface area contributed by atoms with Crippen molar-refractivity contribution in [1.29, 1.82) is 0 Å². The van der Waals surface area contributed by atoms with E-state index in [4.69, 9.17) is 0 Å². The molecular formula is C24H24Cl2SiZr. The van der Waals surface area contributed by atoms with E-state index in [1.165, 1.54) is 34.4 Å². The summed E-state index contributed by atoms with van der Waals surface area (Å²) in [5.41, 5.74) is 6.37. The second-order valence-corrected chi connectivity index (χ2v) is 12.4. The fourth-order valence-corrected chi connectivity index (χ4v) is 10.1. The summed E-state index contributed by atoms with van der Waals surface area (Å²) in [7, 11) is -1.74. The summed E-state index contributed by atoms with van der Waals surface area (Å²) in [5.74, 6) is 0. The number of halogens is 2. The second kappa shape index (κ2) is 8.23. The molecule has 5 rings (SSSR count). The van der Waals surface area contributed by atoms with Crippen molar-refractivity contribution in [2.75, 3.05) is 0 Å². The third kappa shape index (κ3) is 3.03. The van der Waals surface area contributed by atoms with Gasteiger partial charge in [0.2, 0.25) is 0 Å². The van der Waals surface area contributed by atoms with E-state index < -0.39 is 8.07 Å². The van der Waals surface area contributed by atoms with E-state index in [1.54, 1.807) is 32.6 Å². The van der Waals surface area contributed by atoms with E-state index >= 15 is 0 Å². The number of hydrogen-bond acceptors (Lipinski definition) is 0. The molecule has 142 valence electrons. The van der Waals surface area contributed by atoms with Crippen molar-refractivity contribution in [2.45, 2.75) is 39.8 Å². The smallest absolute Gasteiger partial charge is 1.00 e. The van der Waals surface area contributed by atoms with E-state index in [0.717, 1.165) is 0 Å². The fraction of sp³-hybridized carbons (Fsp3) is 0.250. The second-order valence-electron chi connectivity index (χ2n) is 8.17. The standard InChI is InChI=1S/C24H24Si.2ClH.Zr/c1-15-17-9-5-7-11-19(17)21-13-14-22-20-12-8-6-10-18(20)16(2)24(22)25(3,4)23(15)21;;;/h5-12H,13-14H2,1-4H3;2*1H;/q-2;;;+4/p-2. The van der Waals surface area contributed by atoms with Crippen LogP contribution in [0.2, 0.25) is 13.1 Å². The van der Waals surface area contributed by atoms with Crippen molar-refractivity contribution >= 4 is 40.0 Å². The van der Waals surface area contributed by atoms with Gasteiger partial charge in [0.1, 0.15) is 0 Å². The topological polar surface area (TPSA) is 0 Å². The van der Waals surface area contributed by atoms with Gasteiger partial charge >= 0.3 is 26.2 Å². The largest absolute Gasteiger partial charge is 4.00 e. The molecule has 1 aliphatic rings. The van der Waals surface area contributed by atoms with Crippen LogP contribution in [0.25, 0.3) is 21.5 Å². The van der Waals surface area contributed by atoms with Crippen molar-refractivity contribution in [3.05, 3.63) is 70.8 Å². The van der Waals surface area contributed by atoms with Crippen molar-refractivity contribution in [2.24, 2.45) is 0 Å². The molecule has 0 radical (unpaired) electrons. The Balaban J connectivity index is 0.000000934. The summed E-state index contributed by atoms with van der Waals surface area (Å²) >= 11 is 0. The van der Waals surface area contributed by atoms with E-state index in [2.05, 4.69) is 75.5 Å². The maximum absolute atomic E-state index is 2.58. The van der Waals surface area contributed by atoms with Crippen molar-refractivity contribution < 1.29 is 51.0 Å². The Kier molecular flexibility index (Phi) is 6.94. The van der Waals surface area contributed by atoms with E-state index in [0.29, 0.717) is 0 Å². The molecule has 0 aliphatic carbocycles. The minimum absolute atomic E-state index is 0. The molecule has 1 aliphatic heterocycles. The Labute approximate surface area is 200 Å². The molecular weight excluding hydrogens is 478 g/mol. The molecule has 0 bridgehead atoms. The summed E-state index contributed by atoms with van der Waals surface area (Å²) in [6.07, 6.45) is 2.36.